The highest BCUT2D eigenvalue weighted by atomic mass is 16.5. The number of nitrogens with zero attached hydrogens (tertiary/aromatic N) is 1. The maximum Gasteiger partial charge on any atom is 0.138 e. The summed E-state index contributed by atoms with van der Waals surface area (Å²) in [4.78, 5) is 4.49. The van der Waals surface area contributed by atoms with Crippen LogP contribution in [-0.4, -0.2) is 16.7 Å². The Labute approximate surface area is 161 Å². The summed E-state index contributed by atoms with van der Waals surface area (Å²) in [5.74, 6) is 0. The van der Waals surface area contributed by atoms with Crippen molar-refractivity contribution in [2.45, 2.75) is 32.5 Å². The number of pyridine rings is 1. The van der Waals surface area contributed by atoms with Gasteiger partial charge in [0.05, 0.1) is 12.3 Å². The summed E-state index contributed by atoms with van der Waals surface area (Å²) in [7, 11) is 0. The van der Waals surface area contributed by atoms with E-state index < -0.39 is 5.60 Å². The van der Waals surface area contributed by atoms with Crippen LogP contribution >= 0.6 is 0 Å². The van der Waals surface area contributed by atoms with Crippen molar-refractivity contribution >= 4 is 0 Å². The van der Waals surface area contributed by atoms with Crippen LogP contribution in [0.25, 0.3) is 0 Å². The molecule has 0 radical (unpaired) electrons. The van der Waals surface area contributed by atoms with E-state index in [2.05, 4.69) is 25.8 Å². The summed E-state index contributed by atoms with van der Waals surface area (Å²) < 4.78 is 6.35. The molecule has 0 aliphatic heterocycles. The van der Waals surface area contributed by atoms with Gasteiger partial charge in [-0.25, -0.2) is 0 Å². The fourth-order valence-electron chi connectivity index (χ4n) is 3.28. The minimum atomic E-state index is -1.24. The second-order valence-electron chi connectivity index (χ2n) is 7.90. The minimum Gasteiger partial charge on any atom is -0.378 e. The molecule has 0 aliphatic rings. The van der Waals surface area contributed by atoms with Gasteiger partial charge in [0, 0.05) is 6.20 Å². The standard InChI is InChI=1S/C24H27NO2/c1-23(2,3)22(21-16-10-11-17-25-21)27-18-24(26,19-12-6-4-7-13-19)20-14-8-5-9-15-20/h4-17,22,26H,18H2,1-3H3/t22-/m1/s1. The number of benzene rings is 2. The van der Waals surface area contributed by atoms with E-state index in [1.807, 2.05) is 78.9 Å². The predicted octanol–water partition coefficient (Wildman–Crippen LogP) is 5.12. The van der Waals surface area contributed by atoms with E-state index in [-0.39, 0.29) is 18.1 Å². The van der Waals surface area contributed by atoms with Crippen molar-refractivity contribution in [1.82, 2.24) is 4.98 Å². The van der Waals surface area contributed by atoms with Gasteiger partial charge in [-0.05, 0) is 28.7 Å². The summed E-state index contributed by atoms with van der Waals surface area (Å²) in [5, 5.41) is 11.7. The number of hydrogen-bond donors (Lipinski definition) is 1. The van der Waals surface area contributed by atoms with Crippen LogP contribution in [0.1, 0.15) is 43.7 Å². The molecule has 3 heteroatoms. The molecule has 1 N–H and O–H groups in total. The lowest BCUT2D eigenvalue weighted by Crippen LogP contribution is -2.35. The smallest absolute Gasteiger partial charge is 0.138 e. The SMILES string of the molecule is CC(C)(C)[C@H](OCC(O)(c1ccccc1)c1ccccc1)c1ccccn1. The van der Waals surface area contributed by atoms with E-state index in [9.17, 15) is 5.11 Å². The topological polar surface area (TPSA) is 42.4 Å². The number of rotatable bonds is 6. The van der Waals surface area contributed by atoms with Crippen LogP contribution in [-0.2, 0) is 10.3 Å². The lowest BCUT2D eigenvalue weighted by molar-refractivity contribution is -0.0908. The molecule has 3 nitrogen and oxygen atoms in total. The first-order valence-electron chi connectivity index (χ1n) is 9.27. The third-order valence-corrected chi connectivity index (χ3v) is 4.70. The Hall–Kier alpha value is -2.49. The number of aliphatic hydroxyl groups is 1. The highest BCUT2D eigenvalue weighted by Crippen LogP contribution is 2.38. The van der Waals surface area contributed by atoms with Crippen LogP contribution in [0.3, 0.4) is 0 Å². The van der Waals surface area contributed by atoms with Crippen LogP contribution in [0.4, 0.5) is 0 Å². The zero-order chi connectivity index (χ0) is 19.3. The predicted molar refractivity (Wildman–Crippen MR) is 108 cm³/mol. The van der Waals surface area contributed by atoms with Crippen LogP contribution in [0.15, 0.2) is 85.1 Å². The van der Waals surface area contributed by atoms with Gasteiger partial charge in [-0.3, -0.25) is 4.98 Å². The van der Waals surface area contributed by atoms with Crippen LogP contribution in [0.2, 0.25) is 0 Å². The molecule has 0 fully saturated rings. The van der Waals surface area contributed by atoms with Gasteiger partial charge in [-0.1, -0.05) is 87.5 Å². The van der Waals surface area contributed by atoms with E-state index in [1.165, 1.54) is 0 Å². The molecule has 1 atom stereocenters. The summed E-state index contributed by atoms with van der Waals surface area (Å²) >= 11 is 0. The van der Waals surface area contributed by atoms with Crippen molar-refractivity contribution in [3.05, 3.63) is 102 Å². The molecule has 0 unspecified atom stereocenters. The molecule has 1 aromatic heterocycles. The average molecular weight is 361 g/mol. The van der Waals surface area contributed by atoms with Gasteiger partial charge < -0.3 is 9.84 Å². The van der Waals surface area contributed by atoms with Gasteiger partial charge in [0.25, 0.3) is 0 Å². The Morgan fingerprint density at radius 3 is 1.78 bits per heavy atom. The molecular formula is C24H27NO2. The zero-order valence-corrected chi connectivity index (χ0v) is 16.2. The van der Waals surface area contributed by atoms with Crippen molar-refractivity contribution in [3.8, 4) is 0 Å². The van der Waals surface area contributed by atoms with E-state index in [4.69, 9.17) is 4.74 Å². The first-order chi connectivity index (χ1) is 12.9. The number of ether oxygens (including phenoxy) is 1. The maximum atomic E-state index is 11.7. The second-order valence-corrected chi connectivity index (χ2v) is 7.90. The van der Waals surface area contributed by atoms with Crippen molar-refractivity contribution < 1.29 is 9.84 Å². The molecule has 0 amide bonds. The quantitative estimate of drug-likeness (QED) is 0.662. The van der Waals surface area contributed by atoms with Crippen molar-refractivity contribution in [3.63, 3.8) is 0 Å². The minimum absolute atomic E-state index is 0.138. The van der Waals surface area contributed by atoms with E-state index >= 15 is 0 Å². The summed E-state index contributed by atoms with van der Waals surface area (Å²) in [5.41, 5.74) is 1.09. The molecule has 1 heterocycles. The molecule has 0 saturated heterocycles. The highest BCUT2D eigenvalue weighted by molar-refractivity contribution is 5.36. The molecule has 27 heavy (non-hydrogen) atoms. The summed E-state index contributed by atoms with van der Waals surface area (Å²) in [6.45, 7) is 6.50. The fraction of sp³-hybridized carbons (Fsp3) is 0.292. The van der Waals surface area contributed by atoms with Crippen molar-refractivity contribution in [2.75, 3.05) is 6.61 Å². The van der Waals surface area contributed by atoms with E-state index in [1.54, 1.807) is 6.20 Å². The summed E-state index contributed by atoms with van der Waals surface area (Å²) in [6.07, 6.45) is 1.54. The van der Waals surface area contributed by atoms with Gasteiger partial charge >= 0.3 is 0 Å². The Bertz CT molecular complexity index is 787. The van der Waals surface area contributed by atoms with Gasteiger partial charge in [0.15, 0.2) is 0 Å². The molecule has 2 aromatic carbocycles. The largest absolute Gasteiger partial charge is 0.378 e. The van der Waals surface area contributed by atoms with Gasteiger partial charge in [-0.2, -0.15) is 0 Å². The lowest BCUT2D eigenvalue weighted by Gasteiger charge is -2.35. The average Bonchev–Trinajstić information content (AvgIpc) is 2.69. The summed E-state index contributed by atoms with van der Waals surface area (Å²) in [6, 6.07) is 25.2. The first-order valence-corrected chi connectivity index (χ1v) is 9.27. The third-order valence-electron chi connectivity index (χ3n) is 4.70. The normalized spacial score (nSPS) is 13.3. The molecule has 0 saturated carbocycles. The van der Waals surface area contributed by atoms with Crippen LogP contribution in [0.5, 0.6) is 0 Å². The zero-order valence-electron chi connectivity index (χ0n) is 16.2. The maximum absolute atomic E-state index is 11.7. The molecule has 0 bridgehead atoms. The first kappa shape index (κ1) is 19.3. The van der Waals surface area contributed by atoms with Crippen molar-refractivity contribution in [2.24, 2.45) is 5.41 Å². The van der Waals surface area contributed by atoms with E-state index in [0.717, 1.165) is 16.8 Å². The number of aromatic nitrogens is 1. The third kappa shape index (κ3) is 4.44. The van der Waals surface area contributed by atoms with Crippen LogP contribution < -0.4 is 0 Å². The monoisotopic (exact) mass is 361 g/mol. The molecular weight excluding hydrogens is 334 g/mol. The lowest BCUT2D eigenvalue weighted by atomic mass is 9.85. The van der Waals surface area contributed by atoms with Crippen LogP contribution in [0, 0.1) is 5.41 Å². The molecule has 3 aromatic rings. The Kier molecular flexibility index (Phi) is 5.73. The van der Waals surface area contributed by atoms with E-state index in [0.29, 0.717) is 0 Å². The Morgan fingerprint density at radius 1 is 0.815 bits per heavy atom. The van der Waals surface area contributed by atoms with Gasteiger partial charge in [0.2, 0.25) is 0 Å². The molecule has 0 aliphatic carbocycles. The van der Waals surface area contributed by atoms with Gasteiger partial charge in [-0.15, -0.1) is 0 Å². The molecule has 3 rings (SSSR count). The Morgan fingerprint density at radius 2 is 1.33 bits per heavy atom. The molecule has 0 spiro atoms. The number of hydrogen-bond acceptors (Lipinski definition) is 3. The Balaban J connectivity index is 1.95. The van der Waals surface area contributed by atoms with Gasteiger partial charge in [0.1, 0.15) is 11.7 Å². The fourth-order valence-corrected chi connectivity index (χ4v) is 3.28. The second kappa shape index (κ2) is 8.03. The molecule has 140 valence electrons. The highest BCUT2D eigenvalue weighted by Gasteiger charge is 2.36. The van der Waals surface area contributed by atoms with Crippen molar-refractivity contribution in [1.29, 1.82) is 0 Å².